The molecule has 0 aromatic heterocycles. The van der Waals surface area contributed by atoms with Crippen LogP contribution in [0.1, 0.15) is 39.5 Å². The Kier molecular flexibility index (Phi) is 6.27. The summed E-state index contributed by atoms with van der Waals surface area (Å²) in [6.45, 7) is 7.57. The second kappa shape index (κ2) is 8.71. The highest BCUT2D eigenvalue weighted by atomic mass is 32.2. The fourth-order valence-electron chi connectivity index (χ4n) is 3.12. The molecule has 0 unspecified atom stereocenters. The average Bonchev–Trinajstić information content (AvgIpc) is 2.72. The number of aryl methyl sites for hydroxylation is 3. The quantitative estimate of drug-likeness (QED) is 0.571. The lowest BCUT2D eigenvalue weighted by Crippen LogP contribution is -2.17. The first-order valence-electron chi connectivity index (χ1n) is 9.81. The second-order valence-corrected chi connectivity index (χ2v) is 8.99. The van der Waals surface area contributed by atoms with E-state index >= 15 is 0 Å². The molecule has 156 valence electrons. The van der Waals surface area contributed by atoms with Crippen LogP contribution in [0.25, 0.3) is 0 Å². The van der Waals surface area contributed by atoms with E-state index in [0.717, 1.165) is 17.5 Å². The van der Waals surface area contributed by atoms with E-state index in [4.69, 9.17) is 0 Å². The number of hydrogen-bond acceptors (Lipinski definition) is 3. The minimum atomic E-state index is -3.85. The van der Waals surface area contributed by atoms with Gasteiger partial charge in [-0.3, -0.25) is 9.52 Å². The van der Waals surface area contributed by atoms with Gasteiger partial charge in [0.25, 0.3) is 15.9 Å². The third-order valence-electron chi connectivity index (χ3n) is 5.21. The van der Waals surface area contributed by atoms with Gasteiger partial charge in [0.15, 0.2) is 0 Å². The predicted molar refractivity (Wildman–Crippen MR) is 122 cm³/mol. The van der Waals surface area contributed by atoms with Crippen molar-refractivity contribution in [3.8, 4) is 0 Å². The first kappa shape index (κ1) is 21.6. The number of carbonyl (C=O) groups is 1. The summed E-state index contributed by atoms with van der Waals surface area (Å²) in [4.78, 5) is 12.8. The van der Waals surface area contributed by atoms with Crippen LogP contribution in [0, 0.1) is 20.8 Å². The summed E-state index contributed by atoms with van der Waals surface area (Å²) in [5, 5.41) is 2.82. The van der Waals surface area contributed by atoms with Crippen molar-refractivity contribution in [3.05, 3.63) is 88.5 Å². The molecule has 30 heavy (non-hydrogen) atoms. The van der Waals surface area contributed by atoms with Crippen molar-refractivity contribution in [1.82, 2.24) is 0 Å². The zero-order chi connectivity index (χ0) is 21.9. The van der Waals surface area contributed by atoms with Crippen LogP contribution in [-0.2, 0) is 16.4 Å². The average molecular weight is 423 g/mol. The van der Waals surface area contributed by atoms with Gasteiger partial charge < -0.3 is 5.32 Å². The Morgan fingerprint density at radius 1 is 0.900 bits per heavy atom. The summed E-state index contributed by atoms with van der Waals surface area (Å²) in [5.74, 6) is -0.359. The van der Waals surface area contributed by atoms with Crippen molar-refractivity contribution in [3.63, 3.8) is 0 Å². The van der Waals surface area contributed by atoms with Gasteiger partial charge in [0.1, 0.15) is 0 Å². The third kappa shape index (κ3) is 4.71. The van der Waals surface area contributed by atoms with Crippen LogP contribution in [-0.4, -0.2) is 14.3 Å². The Balaban J connectivity index is 1.88. The van der Waals surface area contributed by atoms with Gasteiger partial charge in [-0.1, -0.05) is 37.3 Å². The van der Waals surface area contributed by atoms with Crippen LogP contribution in [0.15, 0.2) is 65.6 Å². The van der Waals surface area contributed by atoms with Crippen LogP contribution in [0.4, 0.5) is 11.4 Å². The van der Waals surface area contributed by atoms with E-state index in [0.29, 0.717) is 16.9 Å². The lowest BCUT2D eigenvalue weighted by atomic mass is 10.1. The molecule has 0 radical (unpaired) electrons. The topological polar surface area (TPSA) is 75.3 Å². The largest absolute Gasteiger partial charge is 0.322 e. The number of anilines is 2. The molecule has 0 aliphatic carbocycles. The van der Waals surface area contributed by atoms with Gasteiger partial charge in [0.05, 0.1) is 10.6 Å². The molecule has 5 nitrogen and oxygen atoms in total. The number of benzene rings is 3. The zero-order valence-electron chi connectivity index (χ0n) is 17.6. The van der Waals surface area contributed by atoms with Gasteiger partial charge in [-0.2, -0.15) is 0 Å². The highest BCUT2D eigenvalue weighted by Gasteiger charge is 2.20. The summed E-state index contributed by atoms with van der Waals surface area (Å²) in [7, 11) is -3.85. The van der Waals surface area contributed by atoms with E-state index in [1.807, 2.05) is 44.2 Å². The molecule has 1 amide bonds. The SMILES string of the molecule is CCc1ccc(NC(=O)c2ccc(C)c(S(=O)(=O)Nc3cccc(C)c3C)c2)cc1. The molecular formula is C24H26N2O3S. The van der Waals surface area contributed by atoms with E-state index in [9.17, 15) is 13.2 Å². The van der Waals surface area contributed by atoms with Crippen LogP contribution in [0.5, 0.6) is 0 Å². The first-order chi connectivity index (χ1) is 14.2. The molecule has 0 fully saturated rings. The molecule has 0 aliphatic heterocycles. The maximum Gasteiger partial charge on any atom is 0.262 e. The Morgan fingerprint density at radius 2 is 1.60 bits per heavy atom. The summed E-state index contributed by atoms with van der Waals surface area (Å²) in [5.41, 5.74) is 5.07. The molecule has 0 spiro atoms. The van der Waals surface area contributed by atoms with Crippen molar-refractivity contribution in [1.29, 1.82) is 0 Å². The van der Waals surface area contributed by atoms with Crippen molar-refractivity contribution < 1.29 is 13.2 Å². The van der Waals surface area contributed by atoms with Crippen LogP contribution < -0.4 is 10.0 Å². The molecule has 0 saturated heterocycles. The van der Waals surface area contributed by atoms with Gasteiger partial charge in [-0.25, -0.2) is 8.42 Å². The summed E-state index contributed by atoms with van der Waals surface area (Å²) < 4.78 is 28.7. The zero-order valence-corrected chi connectivity index (χ0v) is 18.4. The highest BCUT2D eigenvalue weighted by molar-refractivity contribution is 7.92. The number of nitrogens with one attached hydrogen (secondary N) is 2. The molecule has 0 aliphatic rings. The smallest absolute Gasteiger partial charge is 0.262 e. The molecule has 6 heteroatoms. The Morgan fingerprint density at radius 3 is 2.27 bits per heavy atom. The van der Waals surface area contributed by atoms with Gasteiger partial charge in [-0.05, 0) is 79.8 Å². The summed E-state index contributed by atoms with van der Waals surface area (Å²) >= 11 is 0. The minimum absolute atomic E-state index is 0.0809. The lowest BCUT2D eigenvalue weighted by Gasteiger charge is -2.14. The number of sulfonamides is 1. The summed E-state index contributed by atoms with van der Waals surface area (Å²) in [6, 6.07) is 17.7. The van der Waals surface area contributed by atoms with E-state index in [1.165, 1.54) is 11.6 Å². The van der Waals surface area contributed by atoms with Crippen molar-refractivity contribution in [2.75, 3.05) is 10.0 Å². The molecule has 3 aromatic rings. The predicted octanol–water partition coefficient (Wildman–Crippen LogP) is 5.23. The maximum absolute atomic E-state index is 13.0. The van der Waals surface area contributed by atoms with Crippen molar-refractivity contribution in [2.45, 2.75) is 39.0 Å². The van der Waals surface area contributed by atoms with Crippen LogP contribution in [0.2, 0.25) is 0 Å². The molecular weight excluding hydrogens is 396 g/mol. The molecule has 2 N–H and O–H groups in total. The standard InChI is InChI=1S/C24H26N2O3S/c1-5-19-10-13-21(14-11-19)25-24(27)20-12-9-17(3)23(15-20)30(28,29)26-22-8-6-7-16(2)18(22)4/h6-15,26H,5H2,1-4H3,(H,25,27). The minimum Gasteiger partial charge on any atom is -0.322 e. The third-order valence-corrected chi connectivity index (χ3v) is 6.72. The molecule has 0 atom stereocenters. The van der Waals surface area contributed by atoms with Gasteiger partial charge in [-0.15, -0.1) is 0 Å². The monoisotopic (exact) mass is 422 g/mol. The van der Waals surface area contributed by atoms with Crippen molar-refractivity contribution in [2.24, 2.45) is 0 Å². The van der Waals surface area contributed by atoms with E-state index in [2.05, 4.69) is 17.0 Å². The highest BCUT2D eigenvalue weighted by Crippen LogP contribution is 2.25. The first-order valence-corrected chi connectivity index (χ1v) is 11.3. The second-order valence-electron chi connectivity index (χ2n) is 7.34. The van der Waals surface area contributed by atoms with Gasteiger partial charge >= 0.3 is 0 Å². The van der Waals surface area contributed by atoms with Gasteiger partial charge in [0.2, 0.25) is 0 Å². The number of carbonyl (C=O) groups excluding carboxylic acids is 1. The molecule has 0 heterocycles. The summed E-state index contributed by atoms with van der Waals surface area (Å²) in [6.07, 6.45) is 0.917. The normalized spacial score (nSPS) is 11.2. The fraction of sp³-hybridized carbons (Fsp3) is 0.208. The maximum atomic E-state index is 13.0. The Bertz CT molecular complexity index is 1180. The van der Waals surface area contributed by atoms with E-state index in [-0.39, 0.29) is 16.4 Å². The Hall–Kier alpha value is -3.12. The van der Waals surface area contributed by atoms with Gasteiger partial charge in [0, 0.05) is 11.3 Å². The Labute approximate surface area is 178 Å². The molecule has 0 saturated carbocycles. The van der Waals surface area contributed by atoms with Crippen LogP contribution >= 0.6 is 0 Å². The van der Waals surface area contributed by atoms with E-state index < -0.39 is 10.0 Å². The molecule has 3 aromatic carbocycles. The number of hydrogen-bond donors (Lipinski definition) is 2. The van der Waals surface area contributed by atoms with E-state index in [1.54, 1.807) is 31.2 Å². The number of rotatable bonds is 6. The number of amides is 1. The fourth-order valence-corrected chi connectivity index (χ4v) is 4.51. The molecule has 3 rings (SSSR count). The lowest BCUT2D eigenvalue weighted by molar-refractivity contribution is 0.102. The van der Waals surface area contributed by atoms with Crippen LogP contribution in [0.3, 0.4) is 0 Å². The van der Waals surface area contributed by atoms with Crippen molar-refractivity contribution >= 4 is 27.3 Å². The molecule has 0 bridgehead atoms.